The Morgan fingerprint density at radius 2 is 2.20 bits per heavy atom. The van der Waals surface area contributed by atoms with Crippen LogP contribution in [0.5, 0.6) is 0 Å². The molecule has 1 aliphatic heterocycles. The Hall–Kier alpha value is -0.650. The second-order valence-corrected chi connectivity index (χ2v) is 3.51. The topological polar surface area (TPSA) is 54.0 Å². The zero-order valence-electron chi connectivity index (χ0n) is 9.45. The smallest absolute Gasteiger partial charge is 0.305 e. The molecule has 88 valence electrons. The van der Waals surface area contributed by atoms with Gasteiger partial charge < -0.3 is 18.9 Å². The molecule has 0 aromatic carbocycles. The third kappa shape index (κ3) is 3.15. The van der Waals surface area contributed by atoms with Gasteiger partial charge in [0.25, 0.3) is 0 Å². The van der Waals surface area contributed by atoms with Crippen molar-refractivity contribution in [1.82, 2.24) is 0 Å². The maximum Gasteiger partial charge on any atom is 0.305 e. The molecule has 15 heavy (non-hydrogen) atoms. The van der Waals surface area contributed by atoms with Gasteiger partial charge in [0, 0.05) is 33.5 Å². The van der Waals surface area contributed by atoms with Crippen LogP contribution in [0.15, 0.2) is 0 Å². The lowest BCUT2D eigenvalue weighted by atomic mass is 10.1. The SMILES string of the molecule is COC(=O)CCC1(OC)CCC(OC)O1. The number of ether oxygens (including phenoxy) is 4. The fraction of sp³-hybridized carbons (Fsp3) is 0.900. The largest absolute Gasteiger partial charge is 0.469 e. The molecule has 0 radical (unpaired) electrons. The van der Waals surface area contributed by atoms with E-state index in [4.69, 9.17) is 14.2 Å². The number of hydrogen-bond acceptors (Lipinski definition) is 5. The molecule has 0 N–H and O–H groups in total. The fourth-order valence-corrected chi connectivity index (χ4v) is 1.69. The van der Waals surface area contributed by atoms with E-state index in [-0.39, 0.29) is 12.3 Å². The molecule has 1 aliphatic rings. The number of carbonyl (C=O) groups is 1. The van der Waals surface area contributed by atoms with Crippen molar-refractivity contribution in [2.24, 2.45) is 0 Å². The quantitative estimate of drug-likeness (QED) is 0.646. The van der Waals surface area contributed by atoms with E-state index in [2.05, 4.69) is 4.74 Å². The Balaban J connectivity index is 2.44. The summed E-state index contributed by atoms with van der Waals surface area (Å²) in [6.07, 6.45) is 2.07. The van der Waals surface area contributed by atoms with Gasteiger partial charge in [-0.2, -0.15) is 0 Å². The van der Waals surface area contributed by atoms with Crippen LogP contribution in [0.4, 0.5) is 0 Å². The van der Waals surface area contributed by atoms with Crippen molar-refractivity contribution in [3.63, 3.8) is 0 Å². The molecular formula is C10H18O5. The van der Waals surface area contributed by atoms with Gasteiger partial charge in [0.1, 0.15) is 0 Å². The number of carbonyl (C=O) groups excluding carboxylic acids is 1. The molecule has 0 aromatic heterocycles. The van der Waals surface area contributed by atoms with Crippen molar-refractivity contribution in [2.75, 3.05) is 21.3 Å². The highest BCUT2D eigenvalue weighted by Crippen LogP contribution is 2.35. The van der Waals surface area contributed by atoms with Crippen LogP contribution in [0.25, 0.3) is 0 Å². The van der Waals surface area contributed by atoms with E-state index in [1.165, 1.54) is 7.11 Å². The summed E-state index contributed by atoms with van der Waals surface area (Å²) in [5, 5.41) is 0. The molecule has 0 bridgehead atoms. The van der Waals surface area contributed by atoms with Gasteiger partial charge >= 0.3 is 5.97 Å². The molecule has 2 atom stereocenters. The summed E-state index contributed by atoms with van der Waals surface area (Å²) in [5.74, 6) is -0.939. The summed E-state index contributed by atoms with van der Waals surface area (Å²) in [6.45, 7) is 0. The minimum Gasteiger partial charge on any atom is -0.469 e. The molecule has 2 unspecified atom stereocenters. The monoisotopic (exact) mass is 218 g/mol. The molecule has 0 amide bonds. The Bertz CT molecular complexity index is 218. The van der Waals surface area contributed by atoms with Gasteiger partial charge in [0.05, 0.1) is 13.5 Å². The summed E-state index contributed by atoms with van der Waals surface area (Å²) in [6, 6.07) is 0. The molecule has 1 saturated heterocycles. The first-order valence-corrected chi connectivity index (χ1v) is 4.98. The minimum atomic E-state index is -0.686. The van der Waals surface area contributed by atoms with Gasteiger partial charge in [-0.05, 0) is 0 Å². The molecule has 1 fully saturated rings. The van der Waals surface area contributed by atoms with E-state index < -0.39 is 5.79 Å². The molecule has 0 aliphatic carbocycles. The summed E-state index contributed by atoms with van der Waals surface area (Å²) in [5.41, 5.74) is 0. The maximum absolute atomic E-state index is 11.0. The first kappa shape index (κ1) is 12.4. The zero-order chi connectivity index (χ0) is 11.3. The number of hydrogen-bond donors (Lipinski definition) is 0. The van der Waals surface area contributed by atoms with Gasteiger partial charge in [-0.3, -0.25) is 4.79 Å². The minimum absolute atomic E-state index is 0.234. The fourth-order valence-electron chi connectivity index (χ4n) is 1.69. The number of methoxy groups -OCH3 is 3. The third-order valence-electron chi connectivity index (χ3n) is 2.68. The van der Waals surface area contributed by atoms with Gasteiger partial charge in [0.2, 0.25) is 0 Å². The highest BCUT2D eigenvalue weighted by molar-refractivity contribution is 5.69. The molecular weight excluding hydrogens is 200 g/mol. The van der Waals surface area contributed by atoms with Crippen molar-refractivity contribution >= 4 is 5.97 Å². The third-order valence-corrected chi connectivity index (χ3v) is 2.68. The molecule has 0 spiro atoms. The summed E-state index contributed by atoms with van der Waals surface area (Å²) in [7, 11) is 4.54. The van der Waals surface area contributed by atoms with E-state index in [1.54, 1.807) is 14.2 Å². The molecule has 0 saturated carbocycles. The van der Waals surface area contributed by atoms with E-state index >= 15 is 0 Å². The van der Waals surface area contributed by atoms with Crippen LogP contribution in [-0.2, 0) is 23.7 Å². The van der Waals surface area contributed by atoms with Gasteiger partial charge in [-0.1, -0.05) is 0 Å². The number of rotatable bonds is 5. The second kappa shape index (κ2) is 5.44. The lowest BCUT2D eigenvalue weighted by molar-refractivity contribution is -0.259. The van der Waals surface area contributed by atoms with Crippen LogP contribution in [-0.4, -0.2) is 39.4 Å². The van der Waals surface area contributed by atoms with Crippen LogP contribution in [0.1, 0.15) is 25.7 Å². The molecule has 5 nitrogen and oxygen atoms in total. The lowest BCUT2D eigenvalue weighted by Crippen LogP contribution is -2.32. The van der Waals surface area contributed by atoms with Crippen molar-refractivity contribution in [1.29, 1.82) is 0 Å². The van der Waals surface area contributed by atoms with Crippen LogP contribution in [0, 0.1) is 0 Å². The zero-order valence-corrected chi connectivity index (χ0v) is 9.45. The van der Waals surface area contributed by atoms with E-state index in [1.807, 2.05) is 0 Å². The van der Waals surface area contributed by atoms with Crippen molar-refractivity contribution in [3.8, 4) is 0 Å². The highest BCUT2D eigenvalue weighted by atomic mass is 16.8. The molecule has 5 heteroatoms. The Morgan fingerprint density at radius 1 is 1.47 bits per heavy atom. The normalized spacial score (nSPS) is 30.5. The van der Waals surface area contributed by atoms with Crippen LogP contribution in [0.2, 0.25) is 0 Å². The van der Waals surface area contributed by atoms with Crippen molar-refractivity contribution in [2.45, 2.75) is 37.8 Å². The first-order chi connectivity index (χ1) is 7.15. The van der Waals surface area contributed by atoms with Crippen molar-refractivity contribution < 1.29 is 23.7 Å². The predicted octanol–water partition coefficient (Wildman–Crippen LogP) is 1.07. The lowest BCUT2D eigenvalue weighted by Gasteiger charge is -2.26. The highest BCUT2D eigenvalue weighted by Gasteiger charge is 2.40. The van der Waals surface area contributed by atoms with Crippen molar-refractivity contribution in [3.05, 3.63) is 0 Å². The summed E-state index contributed by atoms with van der Waals surface area (Å²) in [4.78, 5) is 11.0. The Morgan fingerprint density at radius 3 is 2.67 bits per heavy atom. The maximum atomic E-state index is 11.0. The number of esters is 1. The van der Waals surface area contributed by atoms with E-state index in [9.17, 15) is 4.79 Å². The molecule has 1 rings (SSSR count). The average molecular weight is 218 g/mol. The van der Waals surface area contributed by atoms with E-state index in [0.717, 1.165) is 12.8 Å². The summed E-state index contributed by atoms with van der Waals surface area (Å²) < 4.78 is 20.6. The Kier molecular flexibility index (Phi) is 4.50. The first-order valence-electron chi connectivity index (χ1n) is 4.98. The van der Waals surface area contributed by atoms with E-state index in [0.29, 0.717) is 12.8 Å². The van der Waals surface area contributed by atoms with Crippen LogP contribution >= 0.6 is 0 Å². The van der Waals surface area contributed by atoms with Gasteiger partial charge in [-0.15, -0.1) is 0 Å². The standard InChI is InChI=1S/C10H18O5/c1-12-8(11)4-6-10(14-3)7-5-9(13-2)15-10/h9H,4-7H2,1-3H3. The van der Waals surface area contributed by atoms with Gasteiger partial charge in [0.15, 0.2) is 12.1 Å². The van der Waals surface area contributed by atoms with Crippen LogP contribution < -0.4 is 0 Å². The van der Waals surface area contributed by atoms with Crippen LogP contribution in [0.3, 0.4) is 0 Å². The second-order valence-electron chi connectivity index (χ2n) is 3.51. The molecule has 1 heterocycles. The molecule has 0 aromatic rings. The Labute approximate surface area is 89.6 Å². The average Bonchev–Trinajstić information content (AvgIpc) is 2.70. The summed E-state index contributed by atoms with van der Waals surface area (Å²) >= 11 is 0. The van der Waals surface area contributed by atoms with Gasteiger partial charge in [-0.25, -0.2) is 0 Å². The predicted molar refractivity (Wildman–Crippen MR) is 52.1 cm³/mol.